The summed E-state index contributed by atoms with van der Waals surface area (Å²) in [5.41, 5.74) is 8.78. The van der Waals surface area contributed by atoms with E-state index >= 15 is 0 Å². The molecule has 0 saturated carbocycles. The van der Waals surface area contributed by atoms with Crippen molar-refractivity contribution in [2.45, 2.75) is 66.2 Å². The predicted octanol–water partition coefficient (Wildman–Crippen LogP) is 6.88. The second-order valence-electron chi connectivity index (χ2n) is 8.89. The van der Waals surface area contributed by atoms with Crippen molar-refractivity contribution < 1.29 is 0 Å². The van der Waals surface area contributed by atoms with Crippen LogP contribution in [0.4, 0.5) is 0 Å². The van der Waals surface area contributed by atoms with Gasteiger partial charge in [0.15, 0.2) is 0 Å². The minimum atomic E-state index is 0.102. The van der Waals surface area contributed by atoms with Gasteiger partial charge in [0.1, 0.15) is 23.3 Å². The van der Waals surface area contributed by atoms with Crippen molar-refractivity contribution in [1.29, 1.82) is 32.2 Å². The Bertz CT molecular complexity index is 1420. The molecule has 0 aliphatic heterocycles. The zero-order valence-corrected chi connectivity index (χ0v) is 21.1. The van der Waals surface area contributed by atoms with E-state index in [2.05, 4.69) is 49.5 Å². The van der Waals surface area contributed by atoms with Crippen molar-refractivity contribution >= 4 is 45.8 Å². The summed E-state index contributed by atoms with van der Waals surface area (Å²) >= 11 is 0. The third-order valence-corrected chi connectivity index (χ3v) is 6.99. The van der Waals surface area contributed by atoms with E-state index in [1.165, 1.54) is 0 Å². The van der Waals surface area contributed by atoms with E-state index in [1.807, 2.05) is 13.8 Å². The van der Waals surface area contributed by atoms with E-state index in [0.717, 1.165) is 70.2 Å². The topological polar surface area (TPSA) is 143 Å². The minimum absolute atomic E-state index is 0.102. The van der Waals surface area contributed by atoms with Crippen LogP contribution in [0.15, 0.2) is 22.3 Å². The first-order chi connectivity index (χ1) is 17.4. The minimum Gasteiger partial charge on any atom is -0.258 e. The summed E-state index contributed by atoms with van der Waals surface area (Å²) in [6.45, 7) is 7.97. The van der Waals surface area contributed by atoms with E-state index in [4.69, 9.17) is 21.6 Å². The maximum absolute atomic E-state index is 9.88. The van der Waals surface area contributed by atoms with Crippen molar-refractivity contribution in [3.63, 3.8) is 0 Å². The predicted molar refractivity (Wildman–Crippen MR) is 145 cm³/mol. The van der Waals surface area contributed by atoms with E-state index in [-0.39, 0.29) is 11.1 Å². The lowest BCUT2D eigenvalue weighted by molar-refractivity contribution is 0.803. The molecule has 178 valence electrons. The van der Waals surface area contributed by atoms with Crippen molar-refractivity contribution in [2.24, 2.45) is 0 Å². The van der Waals surface area contributed by atoms with Gasteiger partial charge >= 0.3 is 0 Å². The average Bonchev–Trinajstić information content (AvgIpc) is 3.39. The molecule has 0 atom stereocenters. The first-order valence-corrected chi connectivity index (χ1v) is 12.1. The molecule has 0 saturated heterocycles. The first kappa shape index (κ1) is 26.1. The molecule has 6 heteroatoms. The van der Waals surface area contributed by atoms with Gasteiger partial charge in [-0.2, -0.15) is 10.5 Å². The lowest BCUT2D eigenvalue weighted by Crippen LogP contribution is -2.04. The van der Waals surface area contributed by atoms with Gasteiger partial charge in [0.05, 0.1) is 0 Å². The van der Waals surface area contributed by atoms with Gasteiger partial charge in [-0.25, -0.2) is 0 Å². The smallest absolute Gasteiger partial charge is 0.121 e. The summed E-state index contributed by atoms with van der Waals surface area (Å²) < 4.78 is 0. The fraction of sp³-hybridized carbons (Fsp3) is 0.333. The maximum atomic E-state index is 9.88. The Balaban J connectivity index is 2.58. The van der Waals surface area contributed by atoms with Gasteiger partial charge in [-0.3, -0.25) is 21.6 Å². The molecule has 1 aromatic carbocycles. The van der Waals surface area contributed by atoms with E-state index < -0.39 is 0 Å². The molecule has 36 heavy (non-hydrogen) atoms. The third-order valence-electron chi connectivity index (χ3n) is 6.99. The second-order valence-corrected chi connectivity index (χ2v) is 8.89. The number of hydrogen-bond donors (Lipinski definition) is 4. The van der Waals surface area contributed by atoms with Crippen LogP contribution in [0.1, 0.15) is 85.8 Å². The highest BCUT2D eigenvalue weighted by molar-refractivity contribution is 6.21. The molecule has 2 aliphatic rings. The summed E-state index contributed by atoms with van der Waals surface area (Å²) in [7, 11) is 0. The number of benzene rings is 1. The number of unbranched alkanes of at least 4 members (excludes halogenated alkanes) is 2. The first-order valence-electron chi connectivity index (χ1n) is 12.1. The van der Waals surface area contributed by atoms with Crippen molar-refractivity contribution in [3.8, 4) is 12.1 Å². The van der Waals surface area contributed by atoms with Gasteiger partial charge in [-0.15, -0.1) is 0 Å². The Kier molecular flexibility index (Phi) is 7.84. The van der Waals surface area contributed by atoms with Crippen LogP contribution in [0.5, 0.6) is 0 Å². The molecular formula is C30H28N6. The summed E-state index contributed by atoms with van der Waals surface area (Å²) in [6, 6.07) is 4.23. The van der Waals surface area contributed by atoms with Crippen LogP contribution >= 0.6 is 0 Å². The molecule has 3 rings (SSSR count). The fourth-order valence-corrected chi connectivity index (χ4v) is 5.43. The molecule has 6 nitrogen and oxygen atoms in total. The average molecular weight is 473 g/mol. The molecule has 0 fully saturated rings. The largest absolute Gasteiger partial charge is 0.258 e. The van der Waals surface area contributed by atoms with Gasteiger partial charge in [0.2, 0.25) is 0 Å². The SMILES string of the molecule is CCCCC1=C(C(=C=N)C#N)c2c(C)c3c(c(C)c2C1=C=N)C(C(=C=N)C#N)=C(CCCC)C3=C=N. The van der Waals surface area contributed by atoms with Crippen LogP contribution in [-0.4, -0.2) is 23.5 Å². The van der Waals surface area contributed by atoms with E-state index in [9.17, 15) is 10.5 Å². The summed E-state index contributed by atoms with van der Waals surface area (Å²) in [5, 5.41) is 51.7. The van der Waals surface area contributed by atoms with Crippen LogP contribution in [0.3, 0.4) is 0 Å². The van der Waals surface area contributed by atoms with Gasteiger partial charge in [-0.05, 0) is 96.4 Å². The highest BCUT2D eigenvalue weighted by Gasteiger charge is 2.39. The number of rotatable bonds is 8. The number of nitriles is 2. The monoisotopic (exact) mass is 472 g/mol. The summed E-state index contributed by atoms with van der Waals surface area (Å²) in [5.74, 6) is 9.82. The summed E-state index contributed by atoms with van der Waals surface area (Å²) in [6.07, 6.45) is 4.79. The van der Waals surface area contributed by atoms with Gasteiger partial charge in [-0.1, -0.05) is 26.7 Å². The molecule has 0 unspecified atom stereocenters. The molecule has 4 N–H and O–H groups in total. The Morgan fingerprint density at radius 2 is 1.00 bits per heavy atom. The lowest BCUT2D eigenvalue weighted by atomic mass is 9.83. The number of allylic oxidation sites excluding steroid dienone is 8. The van der Waals surface area contributed by atoms with Crippen LogP contribution in [0, 0.1) is 58.1 Å². The van der Waals surface area contributed by atoms with Crippen LogP contribution in [0.25, 0.3) is 22.3 Å². The van der Waals surface area contributed by atoms with E-state index in [1.54, 1.807) is 0 Å². The van der Waals surface area contributed by atoms with Crippen LogP contribution in [0.2, 0.25) is 0 Å². The van der Waals surface area contributed by atoms with Gasteiger partial charge < -0.3 is 0 Å². The summed E-state index contributed by atoms with van der Waals surface area (Å²) in [4.78, 5) is 0. The lowest BCUT2D eigenvalue weighted by Gasteiger charge is -2.18. The van der Waals surface area contributed by atoms with E-state index in [0.29, 0.717) is 35.1 Å². The zero-order valence-electron chi connectivity index (χ0n) is 21.1. The fourth-order valence-electron chi connectivity index (χ4n) is 5.43. The van der Waals surface area contributed by atoms with Crippen molar-refractivity contribution in [2.75, 3.05) is 0 Å². The Morgan fingerprint density at radius 1 is 0.639 bits per heavy atom. The molecule has 0 spiro atoms. The molecular weight excluding hydrogens is 444 g/mol. The second kappa shape index (κ2) is 10.8. The Labute approximate surface area is 212 Å². The Hall–Kier alpha value is -4.52. The molecule has 0 bridgehead atoms. The van der Waals surface area contributed by atoms with Gasteiger partial charge in [0.25, 0.3) is 0 Å². The number of nitrogens with one attached hydrogen (secondary N) is 4. The normalized spacial score (nSPS) is 13.3. The molecule has 1 aromatic rings. The standard InChI is InChI=1S/C30H28N6/c1-5-7-9-21-23(15-35)25-17(3)28-26(18(4)27(25)29(21)19(11-31)12-32)24(16-36)22(10-8-6-2)30(28)20(13-33)14-34/h31,33,35-36H,5-10H2,1-4H3. The molecule has 0 radical (unpaired) electrons. The number of nitrogens with zero attached hydrogens (tertiary/aromatic N) is 2. The van der Waals surface area contributed by atoms with Crippen LogP contribution < -0.4 is 0 Å². The highest BCUT2D eigenvalue weighted by Crippen LogP contribution is 2.55. The third kappa shape index (κ3) is 3.79. The van der Waals surface area contributed by atoms with Gasteiger partial charge in [0, 0.05) is 33.4 Å². The molecule has 0 amide bonds. The quantitative estimate of drug-likeness (QED) is 0.242. The maximum Gasteiger partial charge on any atom is 0.121 e. The molecule has 0 heterocycles. The number of fused-ring (bicyclic) bond motifs is 2. The van der Waals surface area contributed by atoms with Crippen LogP contribution in [-0.2, 0) is 0 Å². The number of hydrogen-bond acceptors (Lipinski definition) is 6. The molecule has 0 aromatic heterocycles. The molecule has 2 aliphatic carbocycles. The highest BCUT2D eigenvalue weighted by atomic mass is 14.5. The van der Waals surface area contributed by atoms with Crippen molar-refractivity contribution in [3.05, 3.63) is 55.7 Å². The zero-order chi connectivity index (χ0) is 26.6. The Morgan fingerprint density at radius 3 is 1.25 bits per heavy atom. The van der Waals surface area contributed by atoms with Crippen molar-refractivity contribution in [1.82, 2.24) is 0 Å².